The lowest BCUT2D eigenvalue weighted by Crippen LogP contribution is -2.47. The molecule has 3 rings (SSSR count). The number of aromatic nitrogens is 4. The van der Waals surface area contributed by atoms with Crippen LogP contribution in [-0.2, 0) is 0 Å². The number of nitro groups is 1. The number of rotatable bonds is 3. The zero-order valence-electron chi connectivity index (χ0n) is 11.5. The molecule has 1 fully saturated rings. The lowest BCUT2D eigenvalue weighted by molar-refractivity contribution is -0.389. The maximum Gasteiger partial charge on any atom is 0.382 e. The van der Waals surface area contributed by atoms with Crippen LogP contribution in [0.4, 0.5) is 22.0 Å². The number of piperazine rings is 1. The van der Waals surface area contributed by atoms with Gasteiger partial charge in [-0.25, -0.2) is 19.3 Å². The molecule has 0 saturated carbocycles. The topological polar surface area (TPSA) is 101 Å². The summed E-state index contributed by atoms with van der Waals surface area (Å²) in [6.07, 6.45) is 4.81. The third kappa shape index (κ3) is 2.90. The highest BCUT2D eigenvalue weighted by Gasteiger charge is 2.21. The highest BCUT2D eigenvalue weighted by atomic mass is 19.1. The Balaban J connectivity index is 1.63. The van der Waals surface area contributed by atoms with Crippen LogP contribution in [0, 0.1) is 15.9 Å². The molecule has 0 amide bonds. The molecule has 1 aliphatic heterocycles. The lowest BCUT2D eigenvalue weighted by Gasteiger charge is -2.34. The van der Waals surface area contributed by atoms with Crippen molar-refractivity contribution in [2.24, 2.45) is 0 Å². The Labute approximate surface area is 124 Å². The normalized spacial score (nSPS) is 15.0. The number of anilines is 2. The van der Waals surface area contributed by atoms with Crippen LogP contribution < -0.4 is 9.80 Å². The molecule has 3 heterocycles. The molecule has 114 valence electrons. The Kier molecular flexibility index (Phi) is 3.73. The van der Waals surface area contributed by atoms with Crippen molar-refractivity contribution in [2.75, 3.05) is 36.0 Å². The number of hydrogen-bond donors (Lipinski definition) is 0. The fourth-order valence-electron chi connectivity index (χ4n) is 2.18. The van der Waals surface area contributed by atoms with Gasteiger partial charge in [0.25, 0.3) is 0 Å². The summed E-state index contributed by atoms with van der Waals surface area (Å²) < 4.78 is 12.8. The summed E-state index contributed by atoms with van der Waals surface area (Å²) >= 11 is 0. The van der Waals surface area contributed by atoms with Crippen molar-refractivity contribution in [3.05, 3.63) is 40.7 Å². The van der Waals surface area contributed by atoms with Crippen LogP contribution in [0.3, 0.4) is 0 Å². The smallest absolute Gasteiger partial charge is 0.358 e. The van der Waals surface area contributed by atoms with E-state index in [0.717, 1.165) is 18.6 Å². The minimum absolute atomic E-state index is 0.276. The summed E-state index contributed by atoms with van der Waals surface area (Å²) in [5, 5.41) is 10.6. The molecular formula is C12H12FN7O2. The van der Waals surface area contributed by atoms with Gasteiger partial charge < -0.3 is 19.9 Å². The van der Waals surface area contributed by atoms with E-state index in [2.05, 4.69) is 19.9 Å². The van der Waals surface area contributed by atoms with Gasteiger partial charge in [-0.3, -0.25) is 0 Å². The molecule has 0 spiro atoms. The quantitative estimate of drug-likeness (QED) is 0.601. The molecule has 2 aromatic heterocycles. The first-order valence-electron chi connectivity index (χ1n) is 6.57. The first kappa shape index (κ1) is 14.0. The molecule has 1 saturated heterocycles. The van der Waals surface area contributed by atoms with E-state index in [9.17, 15) is 14.5 Å². The van der Waals surface area contributed by atoms with Crippen LogP contribution in [0.5, 0.6) is 0 Å². The van der Waals surface area contributed by atoms with Crippen LogP contribution in [0.25, 0.3) is 0 Å². The van der Waals surface area contributed by atoms with Gasteiger partial charge >= 0.3 is 5.82 Å². The van der Waals surface area contributed by atoms with E-state index in [1.165, 1.54) is 6.20 Å². The first-order chi connectivity index (χ1) is 10.6. The Bertz CT molecular complexity index is 656. The van der Waals surface area contributed by atoms with Crippen LogP contribution in [-0.4, -0.2) is 51.0 Å². The van der Waals surface area contributed by atoms with Crippen molar-refractivity contribution in [3.8, 4) is 0 Å². The van der Waals surface area contributed by atoms with Crippen molar-refractivity contribution in [2.45, 2.75) is 0 Å². The van der Waals surface area contributed by atoms with Crippen molar-refractivity contribution in [1.29, 1.82) is 0 Å². The summed E-state index contributed by atoms with van der Waals surface area (Å²) in [4.78, 5) is 29.6. The average molecular weight is 305 g/mol. The molecule has 0 aromatic carbocycles. The Hall–Kier alpha value is -2.91. The predicted octanol–water partition coefficient (Wildman–Crippen LogP) is 0.640. The molecule has 0 atom stereocenters. The van der Waals surface area contributed by atoms with E-state index in [1.807, 2.05) is 9.80 Å². The molecule has 0 radical (unpaired) electrons. The van der Waals surface area contributed by atoms with Gasteiger partial charge in [0.15, 0.2) is 17.8 Å². The minimum atomic E-state index is -0.583. The lowest BCUT2D eigenvalue weighted by atomic mass is 10.3. The van der Waals surface area contributed by atoms with E-state index in [-0.39, 0.29) is 5.82 Å². The van der Waals surface area contributed by atoms with Crippen LogP contribution in [0.15, 0.2) is 24.8 Å². The average Bonchev–Trinajstić information content (AvgIpc) is 2.56. The maximum atomic E-state index is 12.8. The van der Waals surface area contributed by atoms with Gasteiger partial charge in [-0.15, -0.1) is 0 Å². The number of hydrogen-bond acceptors (Lipinski definition) is 8. The molecule has 2 aromatic rings. The Morgan fingerprint density at radius 1 is 0.955 bits per heavy atom. The van der Waals surface area contributed by atoms with Gasteiger partial charge in [0.1, 0.15) is 6.20 Å². The molecule has 9 nitrogen and oxygen atoms in total. The second-order valence-electron chi connectivity index (χ2n) is 4.67. The summed E-state index contributed by atoms with van der Waals surface area (Å²) in [7, 11) is 0. The summed E-state index contributed by atoms with van der Waals surface area (Å²) in [5.74, 6) is 0.326. The second-order valence-corrected chi connectivity index (χ2v) is 4.67. The van der Waals surface area contributed by atoms with Crippen LogP contribution in [0.1, 0.15) is 0 Å². The summed E-state index contributed by atoms with van der Waals surface area (Å²) in [6.45, 7) is 2.58. The molecule has 0 aliphatic carbocycles. The van der Waals surface area contributed by atoms with E-state index < -0.39 is 10.7 Å². The highest BCUT2D eigenvalue weighted by molar-refractivity contribution is 5.41. The molecular weight excluding hydrogens is 293 g/mol. The fourth-order valence-corrected chi connectivity index (χ4v) is 2.18. The van der Waals surface area contributed by atoms with Gasteiger partial charge in [-0.05, 0) is 9.91 Å². The van der Waals surface area contributed by atoms with E-state index in [0.29, 0.717) is 37.9 Å². The summed E-state index contributed by atoms with van der Waals surface area (Å²) in [6, 6.07) is 0. The number of nitrogens with zero attached hydrogens (tertiary/aromatic N) is 7. The second kappa shape index (κ2) is 5.84. The maximum absolute atomic E-state index is 12.8. The molecule has 22 heavy (non-hydrogen) atoms. The van der Waals surface area contributed by atoms with Gasteiger partial charge in [0.05, 0.1) is 12.4 Å². The predicted molar refractivity (Wildman–Crippen MR) is 75.1 cm³/mol. The zero-order valence-corrected chi connectivity index (χ0v) is 11.5. The monoisotopic (exact) mass is 305 g/mol. The van der Waals surface area contributed by atoms with E-state index in [4.69, 9.17) is 0 Å². The highest BCUT2D eigenvalue weighted by Crippen LogP contribution is 2.16. The SMILES string of the molecule is O=[N+]([O-])c1cnc(N2CCN(c3ncc(F)cn3)CC2)cn1. The van der Waals surface area contributed by atoms with Gasteiger partial charge in [0.2, 0.25) is 5.95 Å². The zero-order chi connectivity index (χ0) is 15.5. The van der Waals surface area contributed by atoms with Crippen molar-refractivity contribution in [3.63, 3.8) is 0 Å². The van der Waals surface area contributed by atoms with E-state index in [1.54, 1.807) is 0 Å². The largest absolute Gasteiger partial charge is 0.382 e. The van der Waals surface area contributed by atoms with Crippen molar-refractivity contribution >= 4 is 17.6 Å². The third-order valence-electron chi connectivity index (χ3n) is 3.30. The summed E-state index contributed by atoms with van der Waals surface area (Å²) in [5.41, 5.74) is 0. The molecule has 1 aliphatic rings. The molecule has 10 heteroatoms. The fraction of sp³-hybridized carbons (Fsp3) is 0.333. The van der Waals surface area contributed by atoms with Crippen LogP contribution >= 0.6 is 0 Å². The number of halogens is 1. The molecule has 0 N–H and O–H groups in total. The van der Waals surface area contributed by atoms with Crippen molar-refractivity contribution < 1.29 is 9.31 Å². The Morgan fingerprint density at radius 2 is 1.59 bits per heavy atom. The minimum Gasteiger partial charge on any atom is -0.358 e. The van der Waals surface area contributed by atoms with Crippen LogP contribution in [0.2, 0.25) is 0 Å². The van der Waals surface area contributed by atoms with Gasteiger partial charge in [-0.2, -0.15) is 0 Å². The van der Waals surface area contributed by atoms with Crippen molar-refractivity contribution in [1.82, 2.24) is 19.9 Å². The van der Waals surface area contributed by atoms with Gasteiger partial charge in [0, 0.05) is 26.2 Å². The van der Waals surface area contributed by atoms with E-state index >= 15 is 0 Å². The van der Waals surface area contributed by atoms with Gasteiger partial charge in [-0.1, -0.05) is 0 Å². The third-order valence-corrected chi connectivity index (χ3v) is 3.30. The molecule has 0 unspecified atom stereocenters. The first-order valence-corrected chi connectivity index (χ1v) is 6.57. The Morgan fingerprint density at radius 3 is 2.14 bits per heavy atom. The molecule has 0 bridgehead atoms. The standard InChI is InChI=1S/C12H12FN7O2/c13-9-5-16-12(17-6-9)19-3-1-18(2-4-19)10-7-15-11(8-14-10)20(21)22/h5-8H,1-4H2.